The average Bonchev–Trinajstić information content (AvgIpc) is 3.22. The molecule has 1 aliphatic rings. The van der Waals surface area contributed by atoms with Crippen LogP contribution in [0.25, 0.3) is 28.1 Å². The quantitative estimate of drug-likeness (QED) is 0.558. The Labute approximate surface area is 169 Å². The zero-order valence-electron chi connectivity index (χ0n) is 16.6. The Kier molecular flexibility index (Phi) is 4.64. The van der Waals surface area contributed by atoms with Crippen LogP contribution in [0, 0.1) is 5.41 Å². The van der Waals surface area contributed by atoms with E-state index in [9.17, 15) is 0 Å². The van der Waals surface area contributed by atoms with Crippen molar-refractivity contribution in [2.45, 2.75) is 26.2 Å². The van der Waals surface area contributed by atoms with Gasteiger partial charge in [-0.3, -0.25) is 4.40 Å². The molecule has 1 aromatic carbocycles. The summed E-state index contributed by atoms with van der Waals surface area (Å²) < 4.78 is 8.18. The van der Waals surface area contributed by atoms with Crippen LogP contribution in [0.3, 0.4) is 0 Å². The maximum absolute atomic E-state index is 6.23. The van der Waals surface area contributed by atoms with Crippen molar-refractivity contribution in [2.75, 3.05) is 19.7 Å². The predicted molar refractivity (Wildman–Crippen MR) is 114 cm³/mol. The van der Waals surface area contributed by atoms with Gasteiger partial charge in [0.1, 0.15) is 11.4 Å². The molecule has 1 N–H and O–H groups in total. The molecule has 3 aromatic heterocycles. The van der Waals surface area contributed by atoms with E-state index < -0.39 is 0 Å². The van der Waals surface area contributed by atoms with E-state index in [1.54, 1.807) is 0 Å². The monoisotopic (exact) mass is 387 g/mol. The Balaban J connectivity index is 1.39. The minimum atomic E-state index is 0.289. The van der Waals surface area contributed by atoms with Gasteiger partial charge in [-0.15, -0.1) is 10.2 Å². The lowest BCUT2D eigenvalue weighted by Crippen LogP contribution is -2.40. The largest absolute Gasteiger partial charge is 0.493 e. The fourth-order valence-corrected chi connectivity index (χ4v) is 4.13. The molecule has 0 saturated carbocycles. The van der Waals surface area contributed by atoms with Gasteiger partial charge in [-0.05, 0) is 68.8 Å². The summed E-state index contributed by atoms with van der Waals surface area (Å²) in [5, 5.41) is 13.0. The van der Waals surface area contributed by atoms with Crippen molar-refractivity contribution in [1.82, 2.24) is 24.9 Å². The maximum Gasteiger partial charge on any atom is 0.187 e. The number of benzene rings is 1. The van der Waals surface area contributed by atoms with Gasteiger partial charge in [0.05, 0.1) is 12.1 Å². The van der Waals surface area contributed by atoms with Gasteiger partial charge in [0, 0.05) is 17.0 Å². The number of hydrogen-bond acceptors (Lipinski definition) is 5. The van der Waals surface area contributed by atoms with E-state index in [1.807, 2.05) is 47.0 Å². The van der Waals surface area contributed by atoms with E-state index in [0.717, 1.165) is 59.9 Å². The van der Waals surface area contributed by atoms with Crippen LogP contribution < -0.4 is 10.1 Å². The zero-order chi connectivity index (χ0) is 19.7. The molecule has 0 amide bonds. The zero-order valence-corrected chi connectivity index (χ0v) is 16.6. The number of rotatable bonds is 5. The molecule has 4 aromatic rings. The van der Waals surface area contributed by atoms with Gasteiger partial charge in [0.2, 0.25) is 0 Å². The molecule has 0 atom stereocenters. The summed E-state index contributed by atoms with van der Waals surface area (Å²) in [6.07, 6.45) is 5.46. The standard InChI is InChI=1S/C23H25N5O/c1-2-23(10-12-24-13-11-23)16-29-18-7-9-19-17(15-18)6-8-20(25-19)22-27-26-21-5-3-4-14-28(21)22/h3-9,14-15,24H,2,10-13,16H2,1H3. The van der Waals surface area contributed by atoms with Crippen LogP contribution in [-0.4, -0.2) is 39.3 Å². The van der Waals surface area contributed by atoms with Gasteiger partial charge in [-0.25, -0.2) is 4.98 Å². The van der Waals surface area contributed by atoms with Crippen molar-refractivity contribution >= 4 is 16.6 Å². The minimum Gasteiger partial charge on any atom is -0.493 e. The highest BCUT2D eigenvalue weighted by molar-refractivity contribution is 5.82. The van der Waals surface area contributed by atoms with Crippen LogP contribution >= 0.6 is 0 Å². The second-order valence-corrected chi connectivity index (χ2v) is 7.90. The van der Waals surface area contributed by atoms with E-state index in [2.05, 4.69) is 34.6 Å². The molecule has 0 unspecified atom stereocenters. The van der Waals surface area contributed by atoms with Gasteiger partial charge in [-0.2, -0.15) is 0 Å². The van der Waals surface area contributed by atoms with Crippen LogP contribution in [0.4, 0.5) is 0 Å². The van der Waals surface area contributed by atoms with Gasteiger partial charge in [0.15, 0.2) is 11.5 Å². The lowest BCUT2D eigenvalue weighted by Gasteiger charge is -2.36. The molecule has 0 radical (unpaired) electrons. The molecular formula is C23H25N5O. The number of nitrogens with zero attached hydrogens (tertiary/aromatic N) is 4. The van der Waals surface area contributed by atoms with E-state index in [0.29, 0.717) is 0 Å². The molecule has 6 heteroatoms. The van der Waals surface area contributed by atoms with E-state index >= 15 is 0 Å². The third-order valence-corrected chi connectivity index (χ3v) is 6.16. The third kappa shape index (κ3) is 3.44. The first-order chi connectivity index (χ1) is 14.3. The molecule has 29 heavy (non-hydrogen) atoms. The highest BCUT2D eigenvalue weighted by Crippen LogP contribution is 2.33. The molecule has 5 rings (SSSR count). The highest BCUT2D eigenvalue weighted by atomic mass is 16.5. The van der Waals surface area contributed by atoms with Gasteiger partial charge >= 0.3 is 0 Å². The molecular weight excluding hydrogens is 362 g/mol. The molecule has 6 nitrogen and oxygen atoms in total. The summed E-state index contributed by atoms with van der Waals surface area (Å²) in [7, 11) is 0. The first-order valence-corrected chi connectivity index (χ1v) is 10.3. The first-order valence-electron chi connectivity index (χ1n) is 10.3. The maximum atomic E-state index is 6.23. The molecule has 0 aliphatic carbocycles. The number of aromatic nitrogens is 4. The molecule has 1 aliphatic heterocycles. The number of piperidine rings is 1. The Morgan fingerprint density at radius 3 is 2.83 bits per heavy atom. The van der Waals surface area contributed by atoms with Crippen molar-refractivity contribution in [3.8, 4) is 17.3 Å². The molecule has 4 heterocycles. The van der Waals surface area contributed by atoms with Crippen molar-refractivity contribution in [3.05, 3.63) is 54.7 Å². The van der Waals surface area contributed by atoms with E-state index in [-0.39, 0.29) is 5.41 Å². The number of ether oxygens (including phenoxy) is 1. The van der Waals surface area contributed by atoms with Crippen molar-refractivity contribution in [3.63, 3.8) is 0 Å². The van der Waals surface area contributed by atoms with Crippen LogP contribution in [-0.2, 0) is 0 Å². The minimum absolute atomic E-state index is 0.289. The van der Waals surface area contributed by atoms with Gasteiger partial charge in [0.25, 0.3) is 0 Å². The molecule has 148 valence electrons. The number of nitrogens with one attached hydrogen (secondary N) is 1. The summed E-state index contributed by atoms with van der Waals surface area (Å²) >= 11 is 0. The van der Waals surface area contributed by atoms with Crippen LogP contribution in [0.5, 0.6) is 5.75 Å². The second kappa shape index (κ2) is 7.44. The lowest BCUT2D eigenvalue weighted by molar-refractivity contribution is 0.100. The summed E-state index contributed by atoms with van der Waals surface area (Å²) in [5.74, 6) is 1.66. The Hall–Kier alpha value is -2.99. The van der Waals surface area contributed by atoms with Crippen molar-refractivity contribution in [1.29, 1.82) is 0 Å². The molecule has 1 saturated heterocycles. The highest BCUT2D eigenvalue weighted by Gasteiger charge is 2.31. The van der Waals surface area contributed by atoms with Crippen molar-refractivity contribution in [2.24, 2.45) is 5.41 Å². The molecule has 0 spiro atoms. The van der Waals surface area contributed by atoms with E-state index in [4.69, 9.17) is 9.72 Å². The van der Waals surface area contributed by atoms with Gasteiger partial charge in [-0.1, -0.05) is 19.1 Å². The van der Waals surface area contributed by atoms with Gasteiger partial charge < -0.3 is 10.1 Å². The topological polar surface area (TPSA) is 64.3 Å². The van der Waals surface area contributed by atoms with Crippen LogP contribution in [0.1, 0.15) is 26.2 Å². The SMILES string of the molecule is CCC1(COc2ccc3nc(-c4nnc5ccccn45)ccc3c2)CCNCC1. The smallest absolute Gasteiger partial charge is 0.187 e. The Bertz CT molecular complexity index is 1150. The number of pyridine rings is 2. The third-order valence-electron chi connectivity index (χ3n) is 6.16. The molecule has 1 fully saturated rings. The van der Waals surface area contributed by atoms with Crippen LogP contribution in [0.2, 0.25) is 0 Å². The Morgan fingerprint density at radius 1 is 1.07 bits per heavy atom. The first kappa shape index (κ1) is 18.1. The summed E-state index contributed by atoms with van der Waals surface area (Å²) in [4.78, 5) is 4.80. The Morgan fingerprint density at radius 2 is 1.97 bits per heavy atom. The normalized spacial score (nSPS) is 16.3. The summed E-state index contributed by atoms with van der Waals surface area (Å²) in [6, 6.07) is 16.1. The number of fused-ring (bicyclic) bond motifs is 2. The molecule has 0 bridgehead atoms. The average molecular weight is 387 g/mol. The van der Waals surface area contributed by atoms with E-state index in [1.165, 1.54) is 12.8 Å². The lowest BCUT2D eigenvalue weighted by atomic mass is 9.77. The fraction of sp³-hybridized carbons (Fsp3) is 0.348. The predicted octanol–water partition coefficient (Wildman–Crippen LogP) is 4.10. The summed E-state index contributed by atoms with van der Waals surface area (Å²) in [5.41, 5.74) is 2.84. The second-order valence-electron chi connectivity index (χ2n) is 7.90. The van der Waals surface area contributed by atoms with Crippen LogP contribution in [0.15, 0.2) is 54.7 Å². The summed E-state index contributed by atoms with van der Waals surface area (Å²) in [6.45, 7) is 5.21. The van der Waals surface area contributed by atoms with Crippen molar-refractivity contribution < 1.29 is 4.74 Å². The fourth-order valence-electron chi connectivity index (χ4n) is 4.13. The number of hydrogen-bond donors (Lipinski definition) is 1.